The van der Waals surface area contributed by atoms with Gasteiger partial charge in [0.25, 0.3) is 0 Å². The Morgan fingerprint density at radius 3 is 2.00 bits per heavy atom. The quantitative estimate of drug-likeness (QED) is 0.524. The summed E-state index contributed by atoms with van der Waals surface area (Å²) in [6, 6.07) is 0. The molecule has 0 aliphatic rings. The van der Waals surface area contributed by atoms with Gasteiger partial charge >= 0.3 is 0 Å². The second-order valence-electron chi connectivity index (χ2n) is 2.06. The molecular formula is C6H10P2. The van der Waals surface area contributed by atoms with Gasteiger partial charge in [0.15, 0.2) is 0 Å². The Bertz CT molecular complexity index is 169. The molecule has 1 atom stereocenters. The van der Waals surface area contributed by atoms with Crippen molar-refractivity contribution in [2.75, 3.05) is 0 Å². The molecule has 0 aliphatic carbocycles. The summed E-state index contributed by atoms with van der Waals surface area (Å²) in [5.41, 5.74) is 1.55. The SMILES string of the molecule is Cc1p[pH]c(C)c1C. The highest BCUT2D eigenvalue weighted by atomic mass is 31.8. The summed E-state index contributed by atoms with van der Waals surface area (Å²) in [7, 11) is 2.61. The molecule has 0 aromatic carbocycles. The average Bonchev–Trinajstić information content (AvgIpc) is 1.98. The zero-order valence-electron chi connectivity index (χ0n) is 5.45. The van der Waals surface area contributed by atoms with E-state index in [0.29, 0.717) is 0 Å². The van der Waals surface area contributed by atoms with Crippen LogP contribution in [-0.2, 0) is 0 Å². The van der Waals surface area contributed by atoms with Crippen molar-refractivity contribution in [3.63, 3.8) is 0 Å². The van der Waals surface area contributed by atoms with Crippen LogP contribution in [0.4, 0.5) is 0 Å². The monoisotopic (exact) mass is 144 g/mol. The molecule has 8 heavy (non-hydrogen) atoms. The van der Waals surface area contributed by atoms with E-state index < -0.39 is 0 Å². The van der Waals surface area contributed by atoms with Crippen molar-refractivity contribution >= 4 is 15.7 Å². The standard InChI is InChI=1S/C6H10P2/c1-4-5(2)7-8-6(4)3/h7H,1-3H3. The fraction of sp³-hybridized carbons (Fsp3) is 0.500. The van der Waals surface area contributed by atoms with Gasteiger partial charge in [0.05, 0.1) is 0 Å². The van der Waals surface area contributed by atoms with Crippen LogP contribution in [-0.4, -0.2) is 0 Å². The van der Waals surface area contributed by atoms with E-state index in [4.69, 9.17) is 0 Å². The fourth-order valence-electron chi connectivity index (χ4n) is 0.607. The lowest BCUT2D eigenvalue weighted by Gasteiger charge is -1.86. The molecule has 1 aromatic rings. The fourth-order valence-corrected chi connectivity index (χ4v) is 3.75. The first-order chi connectivity index (χ1) is 3.72. The molecule has 0 N–H and O–H groups in total. The summed E-state index contributed by atoms with van der Waals surface area (Å²) >= 11 is 0. The van der Waals surface area contributed by atoms with Crippen LogP contribution in [0, 0.1) is 20.8 Å². The molecule has 0 aliphatic heterocycles. The molecule has 0 nitrogen and oxygen atoms in total. The third-order valence-corrected chi connectivity index (χ3v) is 5.34. The minimum atomic E-state index is 1.06. The summed E-state index contributed by atoms with van der Waals surface area (Å²) in [6.07, 6.45) is 0. The van der Waals surface area contributed by atoms with Crippen molar-refractivity contribution in [1.29, 1.82) is 0 Å². The minimum Gasteiger partial charge on any atom is -0.107 e. The van der Waals surface area contributed by atoms with Gasteiger partial charge in [-0.1, -0.05) is 7.87 Å². The number of hydrogen-bond donors (Lipinski definition) is 0. The number of aryl methyl sites for hydroxylation is 2. The van der Waals surface area contributed by atoms with E-state index in [0.717, 1.165) is 7.87 Å². The molecule has 0 radical (unpaired) electrons. The molecule has 0 fully saturated rings. The normalized spacial score (nSPS) is 11.9. The Morgan fingerprint density at radius 2 is 1.88 bits per heavy atom. The van der Waals surface area contributed by atoms with E-state index in [-0.39, 0.29) is 0 Å². The third kappa shape index (κ3) is 0.966. The van der Waals surface area contributed by atoms with Crippen LogP contribution in [0.25, 0.3) is 0 Å². The van der Waals surface area contributed by atoms with Gasteiger partial charge in [-0.25, -0.2) is 0 Å². The molecule has 1 unspecified atom stereocenters. The Balaban J connectivity index is 3.19. The van der Waals surface area contributed by atoms with Gasteiger partial charge in [-0.15, -0.1) is 7.87 Å². The first-order valence-electron chi connectivity index (χ1n) is 2.70. The first-order valence-corrected chi connectivity index (χ1v) is 5.43. The number of rotatable bonds is 0. The van der Waals surface area contributed by atoms with E-state index >= 15 is 0 Å². The van der Waals surface area contributed by atoms with Crippen LogP contribution in [0.1, 0.15) is 16.2 Å². The van der Waals surface area contributed by atoms with Crippen molar-refractivity contribution in [3.05, 3.63) is 16.2 Å². The maximum Gasteiger partial charge on any atom is -0.0165 e. The maximum atomic E-state index is 2.23. The highest BCUT2D eigenvalue weighted by molar-refractivity contribution is 7.91. The second kappa shape index (κ2) is 2.21. The average molecular weight is 144 g/mol. The van der Waals surface area contributed by atoms with Crippen molar-refractivity contribution in [2.24, 2.45) is 0 Å². The summed E-state index contributed by atoms with van der Waals surface area (Å²) in [5, 5.41) is 3.17. The van der Waals surface area contributed by atoms with Gasteiger partial charge in [0.2, 0.25) is 0 Å². The molecule has 0 bridgehead atoms. The highest BCUT2D eigenvalue weighted by Gasteiger charge is 1.95. The van der Waals surface area contributed by atoms with Gasteiger partial charge in [-0.05, 0) is 36.9 Å². The largest absolute Gasteiger partial charge is 0.107 e. The molecule has 1 aromatic heterocycles. The van der Waals surface area contributed by atoms with Crippen LogP contribution in [0.5, 0.6) is 0 Å². The second-order valence-corrected chi connectivity index (χ2v) is 5.27. The predicted molar refractivity (Wildman–Crippen MR) is 42.7 cm³/mol. The molecule has 0 spiro atoms. The van der Waals surface area contributed by atoms with Crippen LogP contribution < -0.4 is 0 Å². The Kier molecular flexibility index (Phi) is 1.75. The third-order valence-electron chi connectivity index (χ3n) is 1.50. The summed E-state index contributed by atoms with van der Waals surface area (Å²) in [6.45, 7) is 6.68. The summed E-state index contributed by atoms with van der Waals surface area (Å²) < 4.78 is 0. The molecule has 44 valence electrons. The molecule has 0 saturated heterocycles. The van der Waals surface area contributed by atoms with Crippen LogP contribution in [0.2, 0.25) is 0 Å². The van der Waals surface area contributed by atoms with Gasteiger partial charge in [0, 0.05) is 0 Å². The van der Waals surface area contributed by atoms with Crippen molar-refractivity contribution in [1.82, 2.24) is 0 Å². The maximum absolute atomic E-state index is 2.23. The topological polar surface area (TPSA) is 0 Å². The van der Waals surface area contributed by atoms with E-state index in [1.54, 1.807) is 24.0 Å². The molecule has 1 rings (SSSR count). The van der Waals surface area contributed by atoms with Gasteiger partial charge < -0.3 is 0 Å². The molecule has 0 amide bonds. The number of hydrogen-bond acceptors (Lipinski definition) is 0. The zero-order chi connectivity index (χ0) is 6.15. The Hall–Kier alpha value is 0.210. The van der Waals surface area contributed by atoms with E-state index in [1.807, 2.05) is 0 Å². The zero-order valence-corrected chi connectivity index (χ0v) is 7.34. The minimum absolute atomic E-state index is 1.06. The summed E-state index contributed by atoms with van der Waals surface area (Å²) in [4.78, 5) is 0. The van der Waals surface area contributed by atoms with Crippen molar-refractivity contribution in [3.8, 4) is 0 Å². The van der Waals surface area contributed by atoms with E-state index in [9.17, 15) is 0 Å². The lowest BCUT2D eigenvalue weighted by atomic mass is 10.3. The summed E-state index contributed by atoms with van der Waals surface area (Å²) in [5.74, 6) is 0. The lowest BCUT2D eigenvalue weighted by molar-refractivity contribution is 1.38. The Labute approximate surface area is 53.4 Å². The Morgan fingerprint density at radius 1 is 1.25 bits per heavy atom. The molecule has 1 heterocycles. The van der Waals surface area contributed by atoms with Gasteiger partial charge in [-0.3, -0.25) is 0 Å². The van der Waals surface area contributed by atoms with E-state index in [2.05, 4.69) is 20.8 Å². The van der Waals surface area contributed by atoms with Crippen molar-refractivity contribution in [2.45, 2.75) is 20.8 Å². The van der Waals surface area contributed by atoms with Crippen LogP contribution in [0.3, 0.4) is 0 Å². The van der Waals surface area contributed by atoms with Crippen LogP contribution in [0.15, 0.2) is 0 Å². The highest BCUT2D eigenvalue weighted by Crippen LogP contribution is 2.34. The smallest absolute Gasteiger partial charge is 0.0165 e. The molecular weight excluding hydrogens is 134 g/mol. The molecule has 0 saturated carbocycles. The van der Waals surface area contributed by atoms with E-state index in [1.165, 1.54) is 0 Å². The van der Waals surface area contributed by atoms with Gasteiger partial charge in [-0.2, -0.15) is 0 Å². The van der Waals surface area contributed by atoms with Gasteiger partial charge in [0.1, 0.15) is 0 Å². The first kappa shape index (κ1) is 6.33. The van der Waals surface area contributed by atoms with Crippen LogP contribution >= 0.6 is 15.7 Å². The lowest BCUT2D eigenvalue weighted by Crippen LogP contribution is -1.69. The van der Waals surface area contributed by atoms with Crippen molar-refractivity contribution < 1.29 is 0 Å². The molecule has 2 heteroatoms. The predicted octanol–water partition coefficient (Wildman–Crippen LogP) is 3.22.